The van der Waals surface area contributed by atoms with E-state index in [1.807, 2.05) is 66.7 Å². The molecule has 0 saturated carbocycles. The van der Waals surface area contributed by atoms with Crippen molar-refractivity contribution < 1.29 is 14.0 Å². The third-order valence-corrected chi connectivity index (χ3v) is 12.0. The van der Waals surface area contributed by atoms with Gasteiger partial charge in [0.15, 0.2) is 0 Å². The van der Waals surface area contributed by atoms with E-state index in [0.717, 1.165) is 22.2 Å². The van der Waals surface area contributed by atoms with Crippen LogP contribution in [0, 0.1) is 0 Å². The number of ether oxygens (including phenoxy) is 1. The van der Waals surface area contributed by atoms with Gasteiger partial charge in [-0.2, -0.15) is 0 Å². The Morgan fingerprint density at radius 3 is 1.89 bits per heavy atom. The lowest BCUT2D eigenvalue weighted by atomic mass is 10.1. The zero-order valence-corrected chi connectivity index (χ0v) is 23.1. The highest BCUT2D eigenvalue weighted by atomic mass is 28.4. The van der Waals surface area contributed by atoms with Gasteiger partial charge in [-0.1, -0.05) is 118 Å². The predicted octanol–water partition coefficient (Wildman–Crippen LogP) is 6.60. The number of benzene rings is 4. The molecule has 4 nitrogen and oxygen atoms in total. The second kappa shape index (κ2) is 10.8. The van der Waals surface area contributed by atoms with Gasteiger partial charge in [-0.25, -0.2) is 4.79 Å². The molecule has 0 aliphatic carbocycles. The fourth-order valence-electron chi connectivity index (χ4n) is 5.22. The van der Waals surface area contributed by atoms with Crippen molar-refractivity contribution in [1.29, 1.82) is 0 Å². The summed E-state index contributed by atoms with van der Waals surface area (Å²) in [5.74, 6) is -0.335. The Bertz CT molecular complexity index is 1470. The quantitative estimate of drug-likeness (QED) is 0.186. The Morgan fingerprint density at radius 1 is 0.737 bits per heavy atom. The molecule has 192 valence electrons. The van der Waals surface area contributed by atoms with Crippen LogP contribution in [0.4, 0.5) is 0 Å². The Kier molecular flexibility index (Phi) is 7.32. The van der Waals surface area contributed by atoms with Crippen molar-refractivity contribution in [1.82, 2.24) is 4.98 Å². The van der Waals surface area contributed by atoms with Crippen molar-refractivity contribution >= 4 is 35.6 Å². The fraction of sp³-hybridized carbons (Fsp3) is 0.182. The number of fused-ring (bicyclic) bond motifs is 1. The molecule has 0 spiro atoms. The molecule has 0 radical (unpaired) electrons. The molecule has 1 heterocycles. The van der Waals surface area contributed by atoms with Gasteiger partial charge in [0.2, 0.25) is 0 Å². The number of rotatable bonds is 8. The van der Waals surface area contributed by atoms with Crippen molar-refractivity contribution in [3.05, 3.63) is 132 Å². The Balaban J connectivity index is 1.46. The van der Waals surface area contributed by atoms with Gasteiger partial charge in [0.05, 0.1) is 12.2 Å². The van der Waals surface area contributed by atoms with Gasteiger partial charge in [-0.15, -0.1) is 0 Å². The summed E-state index contributed by atoms with van der Waals surface area (Å²) >= 11 is 0. The minimum Gasteiger partial charge on any atom is -0.457 e. The van der Waals surface area contributed by atoms with Crippen molar-refractivity contribution in [3.8, 4) is 0 Å². The molecule has 5 rings (SSSR count). The highest BCUT2D eigenvalue weighted by molar-refractivity contribution is 6.99. The van der Waals surface area contributed by atoms with E-state index in [1.165, 1.54) is 10.4 Å². The second-order valence-corrected chi connectivity index (χ2v) is 14.9. The highest BCUT2D eigenvalue weighted by Crippen LogP contribution is 2.37. The summed E-state index contributed by atoms with van der Waals surface area (Å²) in [7, 11) is -2.68. The number of carbonyl (C=O) groups excluding carboxylic acids is 1. The monoisotopic (exact) mass is 519 g/mol. The first kappa shape index (κ1) is 25.7. The van der Waals surface area contributed by atoms with E-state index < -0.39 is 8.32 Å². The molecule has 0 aliphatic rings. The molecule has 0 unspecified atom stereocenters. The van der Waals surface area contributed by atoms with Gasteiger partial charge in [-0.3, -0.25) is 0 Å². The average molecular weight is 520 g/mol. The summed E-state index contributed by atoms with van der Waals surface area (Å²) in [6, 6.07) is 38.6. The molecule has 4 aromatic carbocycles. The number of esters is 1. The zero-order chi connectivity index (χ0) is 26.6. The summed E-state index contributed by atoms with van der Waals surface area (Å²) < 4.78 is 12.7. The molecule has 0 aliphatic heterocycles. The van der Waals surface area contributed by atoms with Gasteiger partial charge in [0, 0.05) is 16.6 Å². The van der Waals surface area contributed by atoms with E-state index >= 15 is 0 Å². The second-order valence-electron chi connectivity index (χ2n) is 10.6. The van der Waals surface area contributed by atoms with E-state index in [-0.39, 0.29) is 17.6 Å². The lowest BCUT2D eigenvalue weighted by molar-refractivity contribution is 0.0475. The maximum absolute atomic E-state index is 13.0. The average Bonchev–Trinajstić information content (AvgIpc) is 3.36. The maximum Gasteiger partial charge on any atom is 0.339 e. The Morgan fingerprint density at radius 2 is 1.32 bits per heavy atom. The van der Waals surface area contributed by atoms with Gasteiger partial charge >= 0.3 is 5.97 Å². The van der Waals surface area contributed by atoms with Crippen LogP contribution in [0.2, 0.25) is 5.04 Å². The number of hydrogen-bond donors (Lipinski definition) is 1. The van der Waals surface area contributed by atoms with E-state index in [0.29, 0.717) is 12.2 Å². The van der Waals surface area contributed by atoms with Gasteiger partial charge in [0.25, 0.3) is 8.32 Å². The largest absolute Gasteiger partial charge is 0.457 e. The number of carbonyl (C=O) groups is 1. The Hall–Kier alpha value is -3.93. The molecular formula is C33H33NO3Si. The first-order valence-electron chi connectivity index (χ1n) is 13.0. The molecule has 1 N–H and O–H groups in total. The van der Waals surface area contributed by atoms with Crippen LogP contribution in [0.25, 0.3) is 10.9 Å². The van der Waals surface area contributed by atoms with E-state index in [4.69, 9.17) is 9.16 Å². The minimum atomic E-state index is -2.68. The number of H-pyrrole nitrogens is 1. The number of nitrogens with one attached hydrogen (secondary N) is 1. The van der Waals surface area contributed by atoms with Gasteiger partial charge < -0.3 is 14.1 Å². The first-order chi connectivity index (χ1) is 18.4. The van der Waals surface area contributed by atoms with Crippen LogP contribution < -0.4 is 10.4 Å². The molecule has 0 saturated heterocycles. The molecular weight excluding hydrogens is 486 g/mol. The van der Waals surface area contributed by atoms with Crippen LogP contribution >= 0.6 is 0 Å². The number of hydrogen-bond acceptors (Lipinski definition) is 3. The number of aromatic nitrogens is 1. The molecule has 1 aromatic heterocycles. The summed E-state index contributed by atoms with van der Waals surface area (Å²) in [6.07, 6.45) is 0. The summed E-state index contributed by atoms with van der Waals surface area (Å²) in [4.78, 5) is 16.5. The Labute approximate surface area is 225 Å². The topological polar surface area (TPSA) is 51.3 Å². The molecule has 5 heteroatoms. The summed E-state index contributed by atoms with van der Waals surface area (Å²) in [5.41, 5.74) is 3.32. The van der Waals surface area contributed by atoms with Gasteiger partial charge in [0.1, 0.15) is 6.61 Å². The minimum absolute atomic E-state index is 0.117. The fourth-order valence-corrected chi connectivity index (χ4v) is 9.74. The molecule has 0 bridgehead atoms. The standard InChI is InChI=1S/C33H33NO3Si/c1-33(2,3)38(27-16-9-5-10-17-27,28-18-11-6-12-19-28)37-24-26-22-30-29(20-13-21-31(30)34-26)32(35)36-23-25-14-7-4-8-15-25/h4-22,34H,23-24H2,1-3H3. The lowest BCUT2D eigenvalue weighted by Gasteiger charge is -2.43. The van der Waals surface area contributed by atoms with Crippen LogP contribution in [0.5, 0.6) is 0 Å². The van der Waals surface area contributed by atoms with Crippen molar-refractivity contribution in [2.45, 2.75) is 39.0 Å². The summed E-state index contributed by atoms with van der Waals surface area (Å²) in [5, 5.41) is 3.19. The lowest BCUT2D eigenvalue weighted by Crippen LogP contribution is -2.66. The van der Waals surface area contributed by atoms with E-state index in [2.05, 4.69) is 74.3 Å². The summed E-state index contributed by atoms with van der Waals surface area (Å²) in [6.45, 7) is 7.45. The third kappa shape index (κ3) is 5.08. The van der Waals surface area contributed by atoms with Gasteiger partial charge in [-0.05, 0) is 39.2 Å². The van der Waals surface area contributed by atoms with Crippen LogP contribution in [0.1, 0.15) is 42.4 Å². The van der Waals surface area contributed by atoms with Crippen LogP contribution in [0.3, 0.4) is 0 Å². The zero-order valence-electron chi connectivity index (χ0n) is 22.1. The van der Waals surface area contributed by atoms with Crippen molar-refractivity contribution in [2.24, 2.45) is 0 Å². The maximum atomic E-state index is 13.0. The molecule has 5 aromatic rings. The first-order valence-corrected chi connectivity index (χ1v) is 14.9. The van der Waals surface area contributed by atoms with Crippen LogP contribution in [0.15, 0.2) is 115 Å². The van der Waals surface area contributed by atoms with Crippen molar-refractivity contribution in [2.75, 3.05) is 0 Å². The number of aromatic amines is 1. The van der Waals surface area contributed by atoms with Crippen LogP contribution in [-0.2, 0) is 22.4 Å². The van der Waals surface area contributed by atoms with E-state index in [1.54, 1.807) is 0 Å². The smallest absolute Gasteiger partial charge is 0.339 e. The third-order valence-electron chi connectivity index (χ3n) is 7.01. The van der Waals surface area contributed by atoms with Crippen molar-refractivity contribution in [3.63, 3.8) is 0 Å². The molecule has 0 amide bonds. The molecule has 0 fully saturated rings. The molecule has 0 atom stereocenters. The van der Waals surface area contributed by atoms with Crippen LogP contribution in [-0.4, -0.2) is 19.3 Å². The molecule has 38 heavy (non-hydrogen) atoms. The van der Waals surface area contributed by atoms with E-state index in [9.17, 15) is 4.79 Å². The SMILES string of the molecule is CC(C)(C)[Si](OCc1cc2c(C(=O)OCc3ccccc3)cccc2[nH]1)(c1ccccc1)c1ccccc1. The normalized spacial score (nSPS) is 12.0. The predicted molar refractivity (Wildman–Crippen MR) is 156 cm³/mol. The highest BCUT2D eigenvalue weighted by Gasteiger charge is 2.50.